The Balaban J connectivity index is 2.56. The molecule has 6 heteroatoms. The number of anilines is 2. The zero-order valence-corrected chi connectivity index (χ0v) is 11.3. The van der Waals surface area contributed by atoms with Crippen molar-refractivity contribution < 1.29 is 14.3 Å². The van der Waals surface area contributed by atoms with Crippen molar-refractivity contribution in [2.24, 2.45) is 0 Å². The van der Waals surface area contributed by atoms with Gasteiger partial charge in [0.15, 0.2) is 0 Å². The van der Waals surface area contributed by atoms with Crippen LogP contribution in [0, 0.1) is 0 Å². The maximum Gasteiger partial charge on any atom is 0.411 e. The van der Waals surface area contributed by atoms with E-state index in [2.05, 4.69) is 16.0 Å². The Labute approximate surface area is 112 Å². The number of rotatable bonds is 5. The van der Waals surface area contributed by atoms with Gasteiger partial charge in [-0.1, -0.05) is 0 Å². The van der Waals surface area contributed by atoms with Crippen LogP contribution in [0.25, 0.3) is 0 Å². The molecule has 1 aromatic carbocycles. The van der Waals surface area contributed by atoms with Crippen molar-refractivity contribution in [1.82, 2.24) is 5.32 Å². The van der Waals surface area contributed by atoms with Gasteiger partial charge in [-0.15, -0.1) is 0 Å². The largest absolute Gasteiger partial charge is 0.450 e. The minimum Gasteiger partial charge on any atom is -0.450 e. The molecular formula is C13H19N3O3. The van der Waals surface area contributed by atoms with E-state index in [1.54, 1.807) is 45.2 Å². The number of carbonyl (C=O) groups is 2. The highest BCUT2D eigenvalue weighted by Crippen LogP contribution is 2.14. The van der Waals surface area contributed by atoms with Crippen molar-refractivity contribution in [1.29, 1.82) is 0 Å². The molecule has 19 heavy (non-hydrogen) atoms. The van der Waals surface area contributed by atoms with Crippen molar-refractivity contribution in [3.05, 3.63) is 24.3 Å². The Bertz CT molecular complexity index is 431. The molecule has 1 aromatic rings. The maximum atomic E-state index is 11.6. The molecule has 0 radical (unpaired) electrons. The summed E-state index contributed by atoms with van der Waals surface area (Å²) in [5.41, 5.74) is 1.28. The molecule has 0 heterocycles. The van der Waals surface area contributed by atoms with Gasteiger partial charge >= 0.3 is 6.09 Å². The van der Waals surface area contributed by atoms with Gasteiger partial charge in [-0.3, -0.25) is 10.1 Å². The van der Waals surface area contributed by atoms with Gasteiger partial charge < -0.3 is 15.4 Å². The second-order valence-corrected chi connectivity index (χ2v) is 3.92. The Kier molecular flexibility index (Phi) is 5.81. The molecule has 0 bridgehead atoms. The fourth-order valence-corrected chi connectivity index (χ4v) is 1.30. The van der Waals surface area contributed by atoms with Gasteiger partial charge in [0.05, 0.1) is 12.6 Å². The molecule has 0 saturated heterocycles. The predicted octanol–water partition coefficient (Wildman–Crippen LogP) is 1.80. The van der Waals surface area contributed by atoms with Gasteiger partial charge in [0.1, 0.15) is 0 Å². The van der Waals surface area contributed by atoms with E-state index in [1.165, 1.54) is 0 Å². The third-order valence-electron chi connectivity index (χ3n) is 2.50. The SMILES string of the molecule is CCOC(=O)Nc1ccc(NC(=O)C(C)NC)cc1. The molecule has 0 aromatic heterocycles. The molecule has 0 saturated carbocycles. The summed E-state index contributed by atoms with van der Waals surface area (Å²) in [6.45, 7) is 3.83. The van der Waals surface area contributed by atoms with Crippen LogP contribution in [-0.2, 0) is 9.53 Å². The second kappa shape index (κ2) is 7.38. The average Bonchev–Trinajstić information content (AvgIpc) is 2.40. The van der Waals surface area contributed by atoms with Crippen molar-refractivity contribution in [2.45, 2.75) is 19.9 Å². The minimum atomic E-state index is -0.497. The fraction of sp³-hybridized carbons (Fsp3) is 0.385. The van der Waals surface area contributed by atoms with E-state index in [9.17, 15) is 9.59 Å². The first-order valence-electron chi connectivity index (χ1n) is 6.08. The topological polar surface area (TPSA) is 79.5 Å². The van der Waals surface area contributed by atoms with Crippen LogP contribution in [0.3, 0.4) is 0 Å². The molecule has 1 rings (SSSR count). The predicted molar refractivity (Wildman–Crippen MR) is 74.2 cm³/mol. The first-order chi connectivity index (χ1) is 9.06. The molecular weight excluding hydrogens is 246 g/mol. The summed E-state index contributed by atoms with van der Waals surface area (Å²) < 4.78 is 4.76. The van der Waals surface area contributed by atoms with Crippen molar-refractivity contribution in [3.8, 4) is 0 Å². The molecule has 1 unspecified atom stereocenters. The van der Waals surface area contributed by atoms with Gasteiger partial charge in [0.25, 0.3) is 0 Å². The lowest BCUT2D eigenvalue weighted by molar-refractivity contribution is -0.117. The number of likely N-dealkylation sites (N-methyl/N-ethyl adjacent to an activating group) is 1. The van der Waals surface area contributed by atoms with E-state index in [0.29, 0.717) is 18.0 Å². The van der Waals surface area contributed by atoms with Crippen LogP contribution in [0.1, 0.15) is 13.8 Å². The molecule has 3 N–H and O–H groups in total. The summed E-state index contributed by atoms with van der Waals surface area (Å²) in [5, 5.41) is 8.17. The molecule has 1 atom stereocenters. The maximum absolute atomic E-state index is 11.6. The molecule has 0 aliphatic heterocycles. The third kappa shape index (κ3) is 4.97. The van der Waals surface area contributed by atoms with Gasteiger partial charge in [0.2, 0.25) is 5.91 Å². The summed E-state index contributed by atoms with van der Waals surface area (Å²) in [6.07, 6.45) is -0.497. The lowest BCUT2D eigenvalue weighted by Crippen LogP contribution is -2.35. The molecule has 0 spiro atoms. The fourth-order valence-electron chi connectivity index (χ4n) is 1.30. The molecule has 2 amide bonds. The number of hydrogen-bond donors (Lipinski definition) is 3. The van der Waals surface area contributed by atoms with E-state index in [0.717, 1.165) is 0 Å². The summed E-state index contributed by atoms with van der Waals surface area (Å²) in [6, 6.07) is 6.54. The molecule has 0 aliphatic carbocycles. The number of hydrogen-bond acceptors (Lipinski definition) is 4. The molecule has 0 aliphatic rings. The van der Waals surface area contributed by atoms with Crippen molar-refractivity contribution in [2.75, 3.05) is 24.3 Å². The van der Waals surface area contributed by atoms with Crippen LogP contribution in [-0.4, -0.2) is 31.7 Å². The summed E-state index contributed by atoms with van der Waals surface area (Å²) in [7, 11) is 1.72. The number of benzene rings is 1. The van der Waals surface area contributed by atoms with Crippen LogP contribution in [0.5, 0.6) is 0 Å². The number of ether oxygens (including phenoxy) is 1. The zero-order valence-electron chi connectivity index (χ0n) is 11.3. The van der Waals surface area contributed by atoms with Crippen LogP contribution in [0.15, 0.2) is 24.3 Å². The summed E-state index contributed by atoms with van der Waals surface area (Å²) in [4.78, 5) is 22.8. The van der Waals surface area contributed by atoms with Crippen molar-refractivity contribution >= 4 is 23.4 Å². The first-order valence-corrected chi connectivity index (χ1v) is 6.08. The molecule has 104 valence electrons. The highest BCUT2D eigenvalue weighted by Gasteiger charge is 2.10. The second-order valence-electron chi connectivity index (χ2n) is 3.92. The van der Waals surface area contributed by atoms with Gasteiger partial charge in [-0.05, 0) is 45.2 Å². The highest BCUT2D eigenvalue weighted by atomic mass is 16.5. The first kappa shape index (κ1) is 15.0. The third-order valence-corrected chi connectivity index (χ3v) is 2.50. The standard InChI is InChI=1S/C13H19N3O3/c1-4-19-13(18)16-11-7-5-10(6-8-11)15-12(17)9(2)14-3/h5-9,14H,4H2,1-3H3,(H,15,17)(H,16,18). The van der Waals surface area contributed by atoms with Crippen LogP contribution < -0.4 is 16.0 Å². The summed E-state index contributed by atoms with van der Waals surface area (Å²) >= 11 is 0. The normalized spacial score (nSPS) is 11.5. The summed E-state index contributed by atoms with van der Waals surface area (Å²) in [5.74, 6) is -0.117. The molecule has 6 nitrogen and oxygen atoms in total. The van der Waals surface area contributed by atoms with Crippen LogP contribution in [0.2, 0.25) is 0 Å². The van der Waals surface area contributed by atoms with Crippen molar-refractivity contribution in [3.63, 3.8) is 0 Å². The molecule has 0 fully saturated rings. The highest BCUT2D eigenvalue weighted by molar-refractivity contribution is 5.94. The van der Waals surface area contributed by atoms with E-state index in [-0.39, 0.29) is 11.9 Å². The Morgan fingerprint density at radius 1 is 1.16 bits per heavy atom. The van der Waals surface area contributed by atoms with Gasteiger partial charge in [-0.2, -0.15) is 0 Å². The minimum absolute atomic E-state index is 0.117. The lowest BCUT2D eigenvalue weighted by Gasteiger charge is -2.11. The Morgan fingerprint density at radius 3 is 2.16 bits per heavy atom. The van der Waals surface area contributed by atoms with E-state index in [4.69, 9.17) is 4.74 Å². The lowest BCUT2D eigenvalue weighted by atomic mass is 10.2. The monoisotopic (exact) mass is 265 g/mol. The number of nitrogens with one attached hydrogen (secondary N) is 3. The average molecular weight is 265 g/mol. The van der Waals surface area contributed by atoms with Gasteiger partial charge in [0, 0.05) is 11.4 Å². The van der Waals surface area contributed by atoms with E-state index in [1.807, 2.05) is 0 Å². The number of carbonyl (C=O) groups excluding carboxylic acids is 2. The van der Waals surface area contributed by atoms with Gasteiger partial charge in [-0.25, -0.2) is 4.79 Å². The number of amides is 2. The van der Waals surface area contributed by atoms with E-state index >= 15 is 0 Å². The Morgan fingerprint density at radius 2 is 1.68 bits per heavy atom. The quantitative estimate of drug-likeness (QED) is 0.758. The van der Waals surface area contributed by atoms with Crippen LogP contribution >= 0.6 is 0 Å². The Hall–Kier alpha value is -2.08. The smallest absolute Gasteiger partial charge is 0.411 e. The van der Waals surface area contributed by atoms with E-state index < -0.39 is 6.09 Å². The van der Waals surface area contributed by atoms with Crippen LogP contribution in [0.4, 0.5) is 16.2 Å². The zero-order chi connectivity index (χ0) is 14.3.